The molecule has 3 nitrogen and oxygen atoms in total. The third-order valence-corrected chi connectivity index (χ3v) is 3.55. The van der Waals surface area contributed by atoms with Crippen LogP contribution in [-0.2, 0) is 0 Å². The maximum absolute atomic E-state index is 12.0. The van der Waals surface area contributed by atoms with E-state index in [9.17, 15) is 4.79 Å². The molecule has 0 aliphatic carbocycles. The van der Waals surface area contributed by atoms with E-state index in [4.69, 9.17) is 16.3 Å². The van der Waals surface area contributed by atoms with Crippen LogP contribution in [0.25, 0.3) is 0 Å². The summed E-state index contributed by atoms with van der Waals surface area (Å²) in [6.45, 7) is 0.677. The van der Waals surface area contributed by atoms with Crippen molar-refractivity contribution in [3.05, 3.63) is 28.8 Å². The van der Waals surface area contributed by atoms with Gasteiger partial charge in [-0.15, -0.1) is 0 Å². The molecular formula is C14H19BrClNO2. The van der Waals surface area contributed by atoms with Crippen molar-refractivity contribution in [2.45, 2.75) is 25.7 Å². The fourth-order valence-electron chi connectivity index (χ4n) is 1.73. The highest BCUT2D eigenvalue weighted by Gasteiger charge is 2.12. The molecule has 0 aromatic heterocycles. The van der Waals surface area contributed by atoms with Gasteiger partial charge in [0.1, 0.15) is 5.75 Å². The number of ether oxygens (including phenoxy) is 1. The quantitative estimate of drug-likeness (QED) is 0.569. The Labute approximate surface area is 127 Å². The van der Waals surface area contributed by atoms with Gasteiger partial charge in [-0.1, -0.05) is 40.4 Å². The summed E-state index contributed by atoms with van der Waals surface area (Å²) in [6.07, 6.45) is 4.47. The summed E-state index contributed by atoms with van der Waals surface area (Å²) < 4.78 is 5.16. The molecule has 0 radical (unpaired) electrons. The largest absolute Gasteiger partial charge is 0.496 e. The molecular weight excluding hydrogens is 330 g/mol. The first-order valence-electron chi connectivity index (χ1n) is 6.36. The lowest BCUT2D eigenvalue weighted by Gasteiger charge is -2.09. The van der Waals surface area contributed by atoms with E-state index in [0.29, 0.717) is 22.9 Å². The number of halogens is 2. The molecule has 0 aliphatic heterocycles. The summed E-state index contributed by atoms with van der Waals surface area (Å²) in [5.41, 5.74) is 0.482. The zero-order valence-corrected chi connectivity index (χ0v) is 13.4. The molecule has 1 aromatic rings. The summed E-state index contributed by atoms with van der Waals surface area (Å²) in [5.74, 6) is 0.404. The van der Waals surface area contributed by atoms with Gasteiger partial charge >= 0.3 is 0 Å². The topological polar surface area (TPSA) is 38.3 Å². The van der Waals surface area contributed by atoms with Gasteiger partial charge < -0.3 is 10.1 Å². The van der Waals surface area contributed by atoms with Gasteiger partial charge in [0.25, 0.3) is 5.91 Å². The Hall–Kier alpha value is -0.740. The first-order valence-corrected chi connectivity index (χ1v) is 7.86. The van der Waals surface area contributed by atoms with E-state index in [-0.39, 0.29) is 5.91 Å². The van der Waals surface area contributed by atoms with Crippen LogP contribution >= 0.6 is 27.5 Å². The predicted octanol–water partition coefficient (Wildman–Crippen LogP) is 4.03. The number of carbonyl (C=O) groups is 1. The van der Waals surface area contributed by atoms with Gasteiger partial charge in [0, 0.05) is 16.9 Å². The van der Waals surface area contributed by atoms with Gasteiger partial charge in [0.15, 0.2) is 0 Å². The van der Waals surface area contributed by atoms with Crippen LogP contribution in [0.1, 0.15) is 36.0 Å². The van der Waals surface area contributed by atoms with E-state index >= 15 is 0 Å². The Morgan fingerprint density at radius 2 is 2.05 bits per heavy atom. The van der Waals surface area contributed by atoms with Crippen molar-refractivity contribution in [1.82, 2.24) is 5.32 Å². The second kappa shape index (κ2) is 9.21. The van der Waals surface area contributed by atoms with Crippen molar-refractivity contribution in [2.24, 2.45) is 0 Å². The zero-order chi connectivity index (χ0) is 14.1. The van der Waals surface area contributed by atoms with E-state index in [0.717, 1.165) is 18.2 Å². The number of rotatable bonds is 8. The maximum Gasteiger partial charge on any atom is 0.255 e. The molecule has 0 saturated carbocycles. The Balaban J connectivity index is 2.43. The number of methoxy groups -OCH3 is 1. The van der Waals surface area contributed by atoms with Crippen molar-refractivity contribution >= 4 is 33.4 Å². The summed E-state index contributed by atoms with van der Waals surface area (Å²) >= 11 is 9.30. The first kappa shape index (κ1) is 16.3. The van der Waals surface area contributed by atoms with Crippen molar-refractivity contribution in [3.8, 4) is 5.75 Å². The number of amides is 1. The number of alkyl halides is 1. The molecule has 0 spiro atoms. The van der Waals surface area contributed by atoms with Crippen LogP contribution in [0.4, 0.5) is 0 Å². The number of carbonyl (C=O) groups excluding carboxylic acids is 1. The van der Waals surface area contributed by atoms with Gasteiger partial charge in [-0.3, -0.25) is 4.79 Å². The Kier molecular flexibility index (Phi) is 7.91. The predicted molar refractivity (Wildman–Crippen MR) is 82.6 cm³/mol. The van der Waals surface area contributed by atoms with Crippen LogP contribution in [0.2, 0.25) is 5.02 Å². The van der Waals surface area contributed by atoms with Crippen molar-refractivity contribution in [3.63, 3.8) is 0 Å². The van der Waals surface area contributed by atoms with Gasteiger partial charge in [0.2, 0.25) is 0 Å². The minimum atomic E-state index is -0.139. The standard InChI is InChI=1S/C14H19BrClNO2/c1-19-13-7-6-11(16)10-12(13)14(18)17-9-5-3-2-4-8-15/h6-7,10H,2-5,8-9H2,1H3,(H,17,18). The molecule has 0 aliphatic rings. The number of hydrogen-bond acceptors (Lipinski definition) is 2. The van der Waals surface area contributed by atoms with E-state index in [1.54, 1.807) is 25.3 Å². The molecule has 0 unspecified atom stereocenters. The lowest BCUT2D eigenvalue weighted by molar-refractivity contribution is 0.0950. The zero-order valence-electron chi connectivity index (χ0n) is 11.0. The monoisotopic (exact) mass is 347 g/mol. The number of hydrogen-bond donors (Lipinski definition) is 1. The minimum Gasteiger partial charge on any atom is -0.496 e. The lowest BCUT2D eigenvalue weighted by atomic mass is 10.1. The third kappa shape index (κ3) is 5.83. The maximum atomic E-state index is 12.0. The van der Waals surface area contributed by atoms with Gasteiger partial charge in [-0.25, -0.2) is 0 Å². The number of benzene rings is 1. The smallest absolute Gasteiger partial charge is 0.255 e. The molecule has 0 saturated heterocycles. The average Bonchev–Trinajstić information content (AvgIpc) is 2.42. The molecule has 19 heavy (non-hydrogen) atoms. The van der Waals surface area contributed by atoms with Gasteiger partial charge in [-0.05, 0) is 31.0 Å². The highest BCUT2D eigenvalue weighted by Crippen LogP contribution is 2.22. The molecule has 0 heterocycles. The van der Waals surface area contributed by atoms with E-state index in [1.807, 2.05) is 0 Å². The van der Waals surface area contributed by atoms with Crippen LogP contribution in [0.5, 0.6) is 5.75 Å². The summed E-state index contributed by atoms with van der Waals surface area (Å²) in [7, 11) is 1.54. The van der Waals surface area contributed by atoms with Gasteiger partial charge in [0.05, 0.1) is 12.7 Å². The first-order chi connectivity index (χ1) is 9.19. The van der Waals surface area contributed by atoms with Crippen LogP contribution < -0.4 is 10.1 Å². The fourth-order valence-corrected chi connectivity index (χ4v) is 2.30. The fraction of sp³-hybridized carbons (Fsp3) is 0.500. The summed E-state index contributed by atoms with van der Waals surface area (Å²) in [6, 6.07) is 5.03. The summed E-state index contributed by atoms with van der Waals surface area (Å²) in [4.78, 5) is 12.0. The molecule has 1 N–H and O–H groups in total. The van der Waals surface area contributed by atoms with Crippen molar-refractivity contribution < 1.29 is 9.53 Å². The van der Waals surface area contributed by atoms with E-state index in [1.165, 1.54) is 12.8 Å². The molecule has 0 atom stereocenters. The SMILES string of the molecule is COc1ccc(Cl)cc1C(=O)NCCCCCCBr. The van der Waals surface area contributed by atoms with Crippen molar-refractivity contribution in [1.29, 1.82) is 0 Å². The Morgan fingerprint density at radius 3 is 2.74 bits per heavy atom. The van der Waals surface area contributed by atoms with Crippen LogP contribution in [0.3, 0.4) is 0 Å². The van der Waals surface area contributed by atoms with Crippen LogP contribution in [0.15, 0.2) is 18.2 Å². The summed E-state index contributed by atoms with van der Waals surface area (Å²) in [5, 5.41) is 4.46. The molecule has 106 valence electrons. The second-order valence-corrected chi connectivity index (χ2v) is 5.43. The average molecular weight is 349 g/mol. The third-order valence-electron chi connectivity index (χ3n) is 2.75. The van der Waals surface area contributed by atoms with E-state index in [2.05, 4.69) is 21.2 Å². The molecule has 5 heteroatoms. The Bertz CT molecular complexity index is 412. The van der Waals surface area contributed by atoms with Crippen LogP contribution in [-0.4, -0.2) is 24.9 Å². The van der Waals surface area contributed by atoms with Gasteiger partial charge in [-0.2, -0.15) is 0 Å². The highest BCUT2D eigenvalue weighted by molar-refractivity contribution is 9.09. The normalized spacial score (nSPS) is 10.3. The molecule has 0 bridgehead atoms. The van der Waals surface area contributed by atoms with E-state index < -0.39 is 0 Å². The number of unbranched alkanes of at least 4 members (excludes halogenated alkanes) is 3. The van der Waals surface area contributed by atoms with Crippen LogP contribution in [0, 0.1) is 0 Å². The minimum absolute atomic E-state index is 0.139. The Morgan fingerprint density at radius 1 is 1.32 bits per heavy atom. The lowest BCUT2D eigenvalue weighted by Crippen LogP contribution is -2.24. The highest BCUT2D eigenvalue weighted by atomic mass is 79.9. The molecule has 0 fully saturated rings. The second-order valence-electron chi connectivity index (χ2n) is 4.20. The molecule has 1 amide bonds. The molecule has 1 aromatic carbocycles. The van der Waals surface area contributed by atoms with Crippen molar-refractivity contribution in [2.75, 3.05) is 19.0 Å². The molecule has 1 rings (SSSR count). The number of nitrogens with one attached hydrogen (secondary N) is 1.